The molecule has 5 heteroatoms. The first kappa shape index (κ1) is 18.5. The maximum absolute atomic E-state index is 12.8. The number of carbonyl (C=O) groups is 2. The van der Waals surface area contributed by atoms with E-state index in [1.54, 1.807) is 12.1 Å². The molecule has 2 aliphatic heterocycles. The summed E-state index contributed by atoms with van der Waals surface area (Å²) in [6.45, 7) is 1.45. The smallest absolute Gasteiger partial charge is 0.257 e. The topological polar surface area (TPSA) is 52.7 Å². The summed E-state index contributed by atoms with van der Waals surface area (Å²) >= 11 is 0. The van der Waals surface area contributed by atoms with E-state index in [4.69, 9.17) is 0 Å². The molecule has 1 unspecified atom stereocenters. The average molecular weight is 377 g/mol. The Morgan fingerprint density at radius 3 is 2.79 bits per heavy atom. The third-order valence-corrected chi connectivity index (χ3v) is 5.82. The van der Waals surface area contributed by atoms with E-state index in [0.717, 1.165) is 44.3 Å². The van der Waals surface area contributed by atoms with Gasteiger partial charge < -0.3 is 15.1 Å². The first-order valence-electron chi connectivity index (χ1n) is 10.1. The number of benzene rings is 2. The van der Waals surface area contributed by atoms with Gasteiger partial charge in [0.15, 0.2) is 0 Å². The van der Waals surface area contributed by atoms with Crippen LogP contribution >= 0.6 is 0 Å². The number of amides is 2. The van der Waals surface area contributed by atoms with Gasteiger partial charge in [-0.1, -0.05) is 30.3 Å². The Bertz CT molecular complexity index is 865. The zero-order valence-corrected chi connectivity index (χ0v) is 16.4. The highest BCUT2D eigenvalue weighted by molar-refractivity contribution is 6.04. The first-order chi connectivity index (χ1) is 13.6. The molecule has 2 heterocycles. The molecular weight excluding hydrogens is 350 g/mol. The van der Waals surface area contributed by atoms with Crippen molar-refractivity contribution in [2.24, 2.45) is 0 Å². The van der Waals surface area contributed by atoms with Gasteiger partial charge in [-0.3, -0.25) is 9.59 Å². The molecule has 1 atom stereocenters. The second-order valence-electron chi connectivity index (χ2n) is 7.66. The molecule has 4 rings (SSSR count). The van der Waals surface area contributed by atoms with Crippen molar-refractivity contribution in [1.82, 2.24) is 10.2 Å². The van der Waals surface area contributed by atoms with Gasteiger partial charge in [0.05, 0.1) is 11.3 Å². The van der Waals surface area contributed by atoms with Crippen molar-refractivity contribution in [3.05, 3.63) is 65.2 Å². The molecule has 1 fully saturated rings. The highest BCUT2D eigenvalue weighted by Gasteiger charge is 2.37. The number of piperidine rings is 1. The molecule has 146 valence electrons. The summed E-state index contributed by atoms with van der Waals surface area (Å²) in [5.74, 6) is 0.00963. The van der Waals surface area contributed by atoms with Crippen molar-refractivity contribution in [2.75, 3.05) is 25.0 Å². The third-order valence-electron chi connectivity index (χ3n) is 5.82. The van der Waals surface area contributed by atoms with Gasteiger partial charge in [0, 0.05) is 25.7 Å². The molecular formula is C23H27N3O2. The van der Waals surface area contributed by atoms with Crippen LogP contribution in [-0.4, -0.2) is 43.0 Å². The van der Waals surface area contributed by atoms with Crippen LogP contribution in [0.25, 0.3) is 0 Å². The number of hydrogen-bond acceptors (Lipinski definition) is 3. The minimum absolute atomic E-state index is 0.0808. The first-order valence-corrected chi connectivity index (χ1v) is 10.1. The molecule has 2 aromatic rings. The summed E-state index contributed by atoms with van der Waals surface area (Å²) in [5, 5.41) is 3.01. The van der Waals surface area contributed by atoms with Gasteiger partial charge in [-0.05, 0) is 55.9 Å². The fourth-order valence-electron chi connectivity index (χ4n) is 4.26. The largest absolute Gasteiger partial charge is 0.354 e. The van der Waals surface area contributed by atoms with Gasteiger partial charge in [-0.25, -0.2) is 0 Å². The Morgan fingerprint density at radius 2 is 1.96 bits per heavy atom. The lowest BCUT2D eigenvalue weighted by molar-refractivity contribution is 0.0589. The fourth-order valence-corrected chi connectivity index (χ4v) is 4.26. The van der Waals surface area contributed by atoms with Gasteiger partial charge in [0.2, 0.25) is 0 Å². The van der Waals surface area contributed by atoms with Crippen LogP contribution in [-0.2, 0) is 6.42 Å². The second-order valence-corrected chi connectivity index (χ2v) is 7.66. The molecule has 0 spiro atoms. The van der Waals surface area contributed by atoms with Crippen LogP contribution < -0.4 is 10.2 Å². The summed E-state index contributed by atoms with van der Waals surface area (Å²) in [5.41, 5.74) is 3.46. The van der Waals surface area contributed by atoms with Crippen molar-refractivity contribution >= 4 is 17.5 Å². The molecule has 1 N–H and O–H groups in total. The van der Waals surface area contributed by atoms with Crippen molar-refractivity contribution in [2.45, 2.75) is 38.3 Å². The van der Waals surface area contributed by atoms with E-state index in [1.165, 1.54) is 5.56 Å². The zero-order chi connectivity index (χ0) is 19.5. The molecule has 5 nitrogen and oxygen atoms in total. The Kier molecular flexibility index (Phi) is 5.33. The summed E-state index contributed by atoms with van der Waals surface area (Å²) in [4.78, 5) is 29.5. The SMILES string of the molecule is CN1c2cc(C(=O)NCCCc3ccccc3)ccc2C(=O)N2CCCCC21. The minimum Gasteiger partial charge on any atom is -0.354 e. The van der Waals surface area contributed by atoms with Gasteiger partial charge in [-0.2, -0.15) is 0 Å². The van der Waals surface area contributed by atoms with E-state index in [9.17, 15) is 9.59 Å². The molecule has 2 aliphatic rings. The number of carbonyl (C=O) groups excluding carboxylic acids is 2. The lowest BCUT2D eigenvalue weighted by Crippen LogP contribution is -2.55. The molecule has 0 aromatic heterocycles. The Labute approximate surface area is 166 Å². The molecule has 0 radical (unpaired) electrons. The van der Waals surface area contributed by atoms with Crippen LogP contribution in [0.2, 0.25) is 0 Å². The normalized spacial score (nSPS) is 18.5. The maximum Gasteiger partial charge on any atom is 0.257 e. The van der Waals surface area contributed by atoms with Gasteiger partial charge in [0.1, 0.15) is 6.17 Å². The quantitative estimate of drug-likeness (QED) is 0.812. The van der Waals surface area contributed by atoms with Crippen molar-refractivity contribution in [3.63, 3.8) is 0 Å². The molecule has 1 saturated heterocycles. The predicted octanol–water partition coefficient (Wildman–Crippen LogP) is 3.45. The van der Waals surface area contributed by atoms with Crippen molar-refractivity contribution in [3.8, 4) is 0 Å². The third kappa shape index (κ3) is 3.61. The van der Waals surface area contributed by atoms with Gasteiger partial charge >= 0.3 is 0 Å². The lowest BCUT2D eigenvalue weighted by atomic mass is 9.97. The van der Waals surface area contributed by atoms with E-state index >= 15 is 0 Å². The van der Waals surface area contributed by atoms with E-state index in [2.05, 4.69) is 22.3 Å². The number of anilines is 1. The van der Waals surface area contributed by atoms with Crippen LogP contribution in [0.1, 0.15) is 52.0 Å². The maximum atomic E-state index is 12.8. The van der Waals surface area contributed by atoms with Crippen LogP contribution in [0.3, 0.4) is 0 Å². The van der Waals surface area contributed by atoms with Crippen LogP contribution in [0.15, 0.2) is 48.5 Å². The van der Waals surface area contributed by atoms with Crippen LogP contribution in [0.4, 0.5) is 5.69 Å². The Morgan fingerprint density at radius 1 is 1.14 bits per heavy atom. The van der Waals surface area contributed by atoms with Crippen LogP contribution in [0.5, 0.6) is 0 Å². The van der Waals surface area contributed by atoms with Crippen LogP contribution in [0, 0.1) is 0 Å². The van der Waals surface area contributed by atoms with E-state index < -0.39 is 0 Å². The summed E-state index contributed by atoms with van der Waals surface area (Å²) in [7, 11) is 2.02. The van der Waals surface area contributed by atoms with Crippen molar-refractivity contribution in [1.29, 1.82) is 0 Å². The van der Waals surface area contributed by atoms with E-state index in [0.29, 0.717) is 17.7 Å². The molecule has 0 bridgehead atoms. The molecule has 0 saturated carbocycles. The standard InChI is InChI=1S/C23H27N3O2/c1-25-20-16-18(22(27)24-14-7-10-17-8-3-2-4-9-17)12-13-19(20)23(28)26-15-6-5-11-21(25)26/h2-4,8-9,12-13,16,21H,5-7,10-11,14-15H2,1H3,(H,24,27). The molecule has 0 aliphatic carbocycles. The lowest BCUT2D eigenvalue weighted by Gasteiger charge is -2.46. The number of fused-ring (bicyclic) bond motifs is 2. The number of nitrogens with zero attached hydrogens (tertiary/aromatic N) is 2. The van der Waals surface area contributed by atoms with E-state index in [1.807, 2.05) is 36.2 Å². The van der Waals surface area contributed by atoms with Crippen molar-refractivity contribution < 1.29 is 9.59 Å². The second kappa shape index (κ2) is 8.05. The fraction of sp³-hybridized carbons (Fsp3) is 0.391. The summed E-state index contributed by atoms with van der Waals surface area (Å²) in [6, 6.07) is 15.7. The Balaban J connectivity index is 1.41. The number of rotatable bonds is 5. The predicted molar refractivity (Wildman–Crippen MR) is 111 cm³/mol. The summed E-state index contributed by atoms with van der Waals surface area (Å²) in [6.07, 6.45) is 5.14. The number of nitrogens with one attached hydrogen (secondary N) is 1. The van der Waals surface area contributed by atoms with Gasteiger partial charge in [0.25, 0.3) is 11.8 Å². The number of aryl methyl sites for hydroxylation is 1. The number of hydrogen-bond donors (Lipinski definition) is 1. The Hall–Kier alpha value is -2.82. The molecule has 2 amide bonds. The van der Waals surface area contributed by atoms with Gasteiger partial charge in [-0.15, -0.1) is 0 Å². The summed E-state index contributed by atoms with van der Waals surface area (Å²) < 4.78 is 0. The molecule has 28 heavy (non-hydrogen) atoms. The highest BCUT2D eigenvalue weighted by Crippen LogP contribution is 2.34. The minimum atomic E-state index is -0.0808. The average Bonchev–Trinajstić information content (AvgIpc) is 2.75. The monoisotopic (exact) mass is 377 g/mol. The highest BCUT2D eigenvalue weighted by atomic mass is 16.2. The zero-order valence-electron chi connectivity index (χ0n) is 16.4. The van der Waals surface area contributed by atoms with E-state index in [-0.39, 0.29) is 18.0 Å². The molecule has 2 aromatic carbocycles.